The molecule has 1 fully saturated rings. The molecule has 1 heterocycles. The highest BCUT2D eigenvalue weighted by Gasteiger charge is 2.43. The molecular formula is C18H24N2O5. The molecule has 0 atom stereocenters. The highest BCUT2D eigenvalue weighted by molar-refractivity contribution is 6.06. The molecule has 2 rings (SSSR count). The van der Waals surface area contributed by atoms with Crippen LogP contribution in [0.25, 0.3) is 0 Å². The summed E-state index contributed by atoms with van der Waals surface area (Å²) >= 11 is 0. The van der Waals surface area contributed by atoms with Crippen molar-refractivity contribution >= 4 is 17.7 Å². The summed E-state index contributed by atoms with van der Waals surface area (Å²) in [6.07, 6.45) is 1.32. The Balaban J connectivity index is 1.81. The summed E-state index contributed by atoms with van der Waals surface area (Å²) in [5, 5.41) is 2.65. The number of carbonyl (C=O) groups is 3. The van der Waals surface area contributed by atoms with E-state index in [1.54, 1.807) is 32.0 Å². The standard InChI is InChI=1S/C18H24N2O5/c1-12(21)13-7-8-14(15(11-13)24-4)25-10-6-5-9-20-16(22)18(2,3)19-17(20)23/h7-8,11H,5-6,9-10H2,1-4H3,(H,19,23). The van der Waals surface area contributed by atoms with E-state index in [1.807, 2.05) is 0 Å². The largest absolute Gasteiger partial charge is 0.493 e. The van der Waals surface area contributed by atoms with Crippen molar-refractivity contribution in [2.45, 2.75) is 39.2 Å². The molecule has 0 radical (unpaired) electrons. The minimum absolute atomic E-state index is 0.0404. The van der Waals surface area contributed by atoms with Gasteiger partial charge in [-0.15, -0.1) is 0 Å². The topological polar surface area (TPSA) is 84.9 Å². The van der Waals surface area contributed by atoms with Crippen molar-refractivity contribution in [1.29, 1.82) is 0 Å². The van der Waals surface area contributed by atoms with E-state index >= 15 is 0 Å². The van der Waals surface area contributed by atoms with Gasteiger partial charge in [-0.3, -0.25) is 14.5 Å². The van der Waals surface area contributed by atoms with Crippen LogP contribution < -0.4 is 14.8 Å². The molecule has 0 aliphatic carbocycles. The number of methoxy groups -OCH3 is 1. The van der Waals surface area contributed by atoms with E-state index in [2.05, 4.69) is 5.32 Å². The second kappa shape index (κ2) is 7.55. The highest BCUT2D eigenvalue weighted by Crippen LogP contribution is 2.28. The van der Waals surface area contributed by atoms with Crippen LogP contribution in [0.2, 0.25) is 0 Å². The van der Waals surface area contributed by atoms with Crippen LogP contribution in [0.4, 0.5) is 4.79 Å². The Kier molecular flexibility index (Phi) is 5.66. The van der Waals surface area contributed by atoms with Crippen LogP contribution in [-0.2, 0) is 4.79 Å². The second-order valence-electron chi connectivity index (χ2n) is 6.49. The maximum atomic E-state index is 12.1. The highest BCUT2D eigenvalue weighted by atomic mass is 16.5. The SMILES string of the molecule is COc1cc(C(C)=O)ccc1OCCCCN1C(=O)NC(C)(C)C1=O. The van der Waals surface area contributed by atoms with E-state index in [4.69, 9.17) is 9.47 Å². The number of hydrogen-bond donors (Lipinski definition) is 1. The number of amides is 3. The molecule has 1 aromatic rings. The monoisotopic (exact) mass is 348 g/mol. The fourth-order valence-electron chi connectivity index (χ4n) is 2.58. The molecule has 0 unspecified atom stereocenters. The van der Waals surface area contributed by atoms with Crippen molar-refractivity contribution in [3.05, 3.63) is 23.8 Å². The fraction of sp³-hybridized carbons (Fsp3) is 0.500. The molecule has 1 aliphatic rings. The number of urea groups is 1. The zero-order valence-electron chi connectivity index (χ0n) is 15.0. The van der Waals surface area contributed by atoms with Gasteiger partial charge in [0.2, 0.25) is 0 Å². The number of nitrogens with one attached hydrogen (secondary N) is 1. The van der Waals surface area contributed by atoms with Crippen molar-refractivity contribution in [2.24, 2.45) is 0 Å². The lowest BCUT2D eigenvalue weighted by Crippen LogP contribution is -2.40. The summed E-state index contributed by atoms with van der Waals surface area (Å²) < 4.78 is 10.9. The van der Waals surface area contributed by atoms with Crippen LogP contribution in [0.15, 0.2) is 18.2 Å². The summed E-state index contributed by atoms with van der Waals surface area (Å²) in [6.45, 7) is 5.65. The molecule has 3 amide bonds. The lowest BCUT2D eigenvalue weighted by Gasteiger charge is -2.16. The summed E-state index contributed by atoms with van der Waals surface area (Å²) in [4.78, 5) is 36.5. The Morgan fingerprint density at radius 3 is 2.48 bits per heavy atom. The third kappa shape index (κ3) is 4.29. The molecule has 0 spiro atoms. The number of benzene rings is 1. The molecule has 7 heteroatoms. The first kappa shape index (κ1) is 18.8. The quantitative estimate of drug-likeness (QED) is 0.443. The van der Waals surface area contributed by atoms with Crippen LogP contribution in [0, 0.1) is 0 Å². The molecule has 0 saturated carbocycles. The molecular weight excluding hydrogens is 324 g/mol. The smallest absolute Gasteiger partial charge is 0.325 e. The summed E-state index contributed by atoms with van der Waals surface area (Å²) in [5.41, 5.74) is -0.273. The third-order valence-corrected chi connectivity index (χ3v) is 4.05. The van der Waals surface area contributed by atoms with E-state index < -0.39 is 5.54 Å². The maximum absolute atomic E-state index is 12.1. The molecule has 1 saturated heterocycles. The van der Waals surface area contributed by atoms with E-state index in [-0.39, 0.29) is 17.7 Å². The van der Waals surface area contributed by atoms with Crippen LogP contribution in [0.5, 0.6) is 11.5 Å². The Labute approximate surface area is 147 Å². The first-order valence-corrected chi connectivity index (χ1v) is 8.22. The predicted molar refractivity (Wildman–Crippen MR) is 92.1 cm³/mol. The average molecular weight is 348 g/mol. The summed E-state index contributed by atoms with van der Waals surface area (Å²) in [6, 6.07) is 4.69. The third-order valence-electron chi connectivity index (χ3n) is 4.05. The Bertz CT molecular complexity index is 684. The van der Waals surface area contributed by atoms with Crippen molar-refractivity contribution < 1.29 is 23.9 Å². The number of unbranched alkanes of at least 4 members (excludes halogenated alkanes) is 1. The number of ether oxygens (including phenoxy) is 2. The number of ketones is 1. The number of nitrogens with zero attached hydrogens (tertiary/aromatic N) is 1. The van der Waals surface area contributed by atoms with Gasteiger partial charge >= 0.3 is 6.03 Å². The molecule has 1 aliphatic heterocycles. The van der Waals surface area contributed by atoms with Gasteiger partial charge in [-0.25, -0.2) is 4.79 Å². The molecule has 0 bridgehead atoms. The van der Waals surface area contributed by atoms with Crippen molar-refractivity contribution in [3.63, 3.8) is 0 Å². The van der Waals surface area contributed by atoms with Crippen molar-refractivity contribution in [1.82, 2.24) is 10.2 Å². The van der Waals surface area contributed by atoms with Crippen molar-refractivity contribution in [3.8, 4) is 11.5 Å². The Morgan fingerprint density at radius 2 is 1.92 bits per heavy atom. The van der Waals surface area contributed by atoms with E-state index in [0.717, 1.165) is 0 Å². The number of carbonyl (C=O) groups excluding carboxylic acids is 3. The molecule has 136 valence electrons. The molecule has 0 aromatic heterocycles. The van der Waals surface area contributed by atoms with E-state index in [1.165, 1.54) is 18.9 Å². The number of rotatable bonds is 8. The molecule has 7 nitrogen and oxygen atoms in total. The molecule has 1 aromatic carbocycles. The minimum atomic E-state index is -0.834. The zero-order chi connectivity index (χ0) is 18.6. The Hall–Kier alpha value is -2.57. The summed E-state index contributed by atoms with van der Waals surface area (Å²) in [5.74, 6) is 0.813. The van der Waals surface area contributed by atoms with Gasteiger partial charge in [0.15, 0.2) is 17.3 Å². The normalized spacial score (nSPS) is 15.9. The average Bonchev–Trinajstić information content (AvgIpc) is 2.75. The number of imide groups is 1. The van der Waals surface area contributed by atoms with Crippen LogP contribution in [0.1, 0.15) is 44.0 Å². The first-order valence-electron chi connectivity index (χ1n) is 8.22. The molecule has 25 heavy (non-hydrogen) atoms. The number of hydrogen-bond acceptors (Lipinski definition) is 5. The van der Waals surface area contributed by atoms with Gasteiger partial charge in [-0.05, 0) is 51.8 Å². The second-order valence-corrected chi connectivity index (χ2v) is 6.49. The van der Waals surface area contributed by atoms with Gasteiger partial charge < -0.3 is 14.8 Å². The minimum Gasteiger partial charge on any atom is -0.493 e. The first-order chi connectivity index (χ1) is 11.8. The van der Waals surface area contributed by atoms with Gasteiger partial charge in [-0.1, -0.05) is 0 Å². The van der Waals surface area contributed by atoms with Gasteiger partial charge in [0.25, 0.3) is 5.91 Å². The van der Waals surface area contributed by atoms with E-state index in [0.29, 0.717) is 43.1 Å². The van der Waals surface area contributed by atoms with Crippen molar-refractivity contribution in [2.75, 3.05) is 20.3 Å². The van der Waals surface area contributed by atoms with Gasteiger partial charge in [0.1, 0.15) is 5.54 Å². The maximum Gasteiger partial charge on any atom is 0.325 e. The van der Waals surface area contributed by atoms with E-state index in [9.17, 15) is 14.4 Å². The van der Waals surface area contributed by atoms with Gasteiger partial charge in [-0.2, -0.15) is 0 Å². The lowest BCUT2D eigenvalue weighted by molar-refractivity contribution is -0.130. The Morgan fingerprint density at radius 1 is 1.20 bits per heavy atom. The molecule has 1 N–H and O–H groups in total. The predicted octanol–water partition coefficient (Wildman–Crippen LogP) is 2.39. The zero-order valence-corrected chi connectivity index (χ0v) is 15.0. The summed E-state index contributed by atoms with van der Waals surface area (Å²) in [7, 11) is 1.52. The van der Waals surface area contributed by atoms with Gasteiger partial charge in [0.05, 0.1) is 13.7 Å². The number of Topliss-reactive ketones (excluding diaryl/α,β-unsaturated/α-hetero) is 1. The van der Waals surface area contributed by atoms with Crippen LogP contribution in [0.3, 0.4) is 0 Å². The lowest BCUT2D eigenvalue weighted by atomic mass is 10.1. The fourth-order valence-corrected chi connectivity index (χ4v) is 2.58. The van der Waals surface area contributed by atoms with Gasteiger partial charge in [0, 0.05) is 12.1 Å². The van der Waals surface area contributed by atoms with Crippen LogP contribution >= 0.6 is 0 Å². The van der Waals surface area contributed by atoms with Crippen LogP contribution in [-0.4, -0.2) is 48.4 Å².